The number of hydrogen-bond donors (Lipinski definition) is 0. The molecule has 0 aliphatic carbocycles. The molecule has 0 fully saturated rings. The molecule has 0 amide bonds. The Bertz CT molecular complexity index is 1000. The van der Waals surface area contributed by atoms with E-state index >= 15 is 0 Å². The second-order valence-corrected chi connectivity index (χ2v) is 5.92. The smallest absolute Gasteiger partial charge is 0.362 e. The van der Waals surface area contributed by atoms with E-state index in [1.807, 2.05) is 0 Å². The van der Waals surface area contributed by atoms with Gasteiger partial charge in [0.15, 0.2) is 6.61 Å². The van der Waals surface area contributed by atoms with Crippen LogP contribution in [0.1, 0.15) is 36.8 Å². The van der Waals surface area contributed by atoms with Crippen LogP contribution in [0.25, 0.3) is 0 Å². The first kappa shape index (κ1) is 19.0. The van der Waals surface area contributed by atoms with Crippen LogP contribution in [-0.4, -0.2) is 29.3 Å². The summed E-state index contributed by atoms with van der Waals surface area (Å²) in [5.74, 6) is -1.65. The number of aromatic nitrogens is 1. The standard InChI is InChI=1S/C22H17NO5/c1-15-8-7-12-19(28-22(26)17-11-5-6-13-23-17)20(15)18(24)14-27-21(25)16-9-3-2-4-10-16/h2-13H,14H2,1H3. The molecule has 1 aromatic heterocycles. The third kappa shape index (κ3) is 4.48. The highest BCUT2D eigenvalue weighted by molar-refractivity contribution is 6.03. The molecule has 1 heterocycles. The van der Waals surface area contributed by atoms with Crippen LogP contribution in [0, 0.1) is 6.92 Å². The zero-order valence-corrected chi connectivity index (χ0v) is 15.1. The van der Waals surface area contributed by atoms with E-state index < -0.39 is 24.3 Å². The molecule has 2 aromatic carbocycles. The van der Waals surface area contributed by atoms with Gasteiger partial charge in [-0.2, -0.15) is 0 Å². The molecule has 3 aromatic rings. The van der Waals surface area contributed by atoms with Crippen LogP contribution >= 0.6 is 0 Å². The third-order valence-corrected chi connectivity index (χ3v) is 3.93. The molecule has 0 radical (unpaired) electrons. The van der Waals surface area contributed by atoms with Crippen LogP contribution in [-0.2, 0) is 4.74 Å². The summed E-state index contributed by atoms with van der Waals surface area (Å²) in [5.41, 5.74) is 1.26. The van der Waals surface area contributed by atoms with E-state index in [1.54, 1.807) is 61.5 Å². The molecule has 0 atom stereocenters. The van der Waals surface area contributed by atoms with Crippen molar-refractivity contribution in [1.29, 1.82) is 0 Å². The fourth-order valence-electron chi connectivity index (χ4n) is 2.58. The van der Waals surface area contributed by atoms with E-state index in [2.05, 4.69) is 4.98 Å². The fraction of sp³-hybridized carbons (Fsp3) is 0.0909. The first-order valence-corrected chi connectivity index (χ1v) is 8.54. The number of hydrogen-bond acceptors (Lipinski definition) is 6. The highest BCUT2D eigenvalue weighted by atomic mass is 16.5. The van der Waals surface area contributed by atoms with Crippen LogP contribution in [0.15, 0.2) is 72.9 Å². The summed E-state index contributed by atoms with van der Waals surface area (Å²) in [6.07, 6.45) is 1.47. The molecule has 6 heteroatoms. The molecule has 0 unspecified atom stereocenters. The lowest BCUT2D eigenvalue weighted by atomic mass is 10.0. The van der Waals surface area contributed by atoms with E-state index in [4.69, 9.17) is 9.47 Å². The van der Waals surface area contributed by atoms with Crippen LogP contribution in [0.4, 0.5) is 0 Å². The molecular formula is C22H17NO5. The molecule has 0 spiro atoms. The molecule has 28 heavy (non-hydrogen) atoms. The van der Waals surface area contributed by atoms with Gasteiger partial charge in [0.25, 0.3) is 0 Å². The Kier molecular flexibility index (Phi) is 5.91. The molecule has 0 saturated carbocycles. The Balaban J connectivity index is 1.75. The second-order valence-electron chi connectivity index (χ2n) is 5.92. The highest BCUT2D eigenvalue weighted by Gasteiger charge is 2.20. The number of ether oxygens (including phenoxy) is 2. The number of rotatable bonds is 6. The number of pyridine rings is 1. The topological polar surface area (TPSA) is 82.6 Å². The van der Waals surface area contributed by atoms with E-state index in [0.717, 1.165) is 0 Å². The number of benzene rings is 2. The quantitative estimate of drug-likeness (QED) is 0.372. The highest BCUT2D eigenvalue weighted by Crippen LogP contribution is 2.24. The zero-order valence-electron chi connectivity index (χ0n) is 15.1. The summed E-state index contributed by atoms with van der Waals surface area (Å²) < 4.78 is 10.5. The van der Waals surface area contributed by atoms with E-state index in [-0.39, 0.29) is 17.0 Å². The van der Waals surface area contributed by atoms with Crippen molar-refractivity contribution >= 4 is 17.7 Å². The van der Waals surface area contributed by atoms with Crippen molar-refractivity contribution < 1.29 is 23.9 Å². The first-order valence-electron chi connectivity index (χ1n) is 8.54. The Hall–Kier alpha value is -3.80. The summed E-state index contributed by atoms with van der Waals surface area (Å²) >= 11 is 0. The fourth-order valence-corrected chi connectivity index (χ4v) is 2.58. The number of carbonyl (C=O) groups excluding carboxylic acids is 3. The molecular weight excluding hydrogens is 358 g/mol. The number of carbonyl (C=O) groups is 3. The van der Waals surface area contributed by atoms with Gasteiger partial charge in [0, 0.05) is 6.20 Å². The molecule has 0 N–H and O–H groups in total. The number of nitrogens with zero attached hydrogens (tertiary/aromatic N) is 1. The lowest BCUT2D eigenvalue weighted by molar-refractivity contribution is 0.0472. The van der Waals surface area contributed by atoms with Crippen molar-refractivity contribution in [1.82, 2.24) is 4.98 Å². The monoisotopic (exact) mass is 375 g/mol. The van der Waals surface area contributed by atoms with Gasteiger partial charge in [-0.05, 0) is 42.8 Å². The third-order valence-electron chi connectivity index (χ3n) is 3.93. The Labute approximate surface area is 161 Å². The van der Waals surface area contributed by atoms with Gasteiger partial charge in [-0.1, -0.05) is 36.4 Å². The molecule has 0 aliphatic rings. The molecule has 140 valence electrons. The van der Waals surface area contributed by atoms with Gasteiger partial charge >= 0.3 is 11.9 Å². The maximum Gasteiger partial charge on any atom is 0.362 e. The van der Waals surface area contributed by atoms with Crippen LogP contribution < -0.4 is 4.74 Å². The van der Waals surface area contributed by atoms with E-state index in [1.165, 1.54) is 18.3 Å². The second kappa shape index (κ2) is 8.73. The van der Waals surface area contributed by atoms with Crippen molar-refractivity contribution in [3.8, 4) is 5.75 Å². The van der Waals surface area contributed by atoms with Crippen LogP contribution in [0.2, 0.25) is 0 Å². The largest absolute Gasteiger partial charge is 0.454 e. The summed E-state index contributed by atoms with van der Waals surface area (Å²) in [7, 11) is 0. The van der Waals surface area contributed by atoms with Gasteiger partial charge in [-0.15, -0.1) is 0 Å². The normalized spacial score (nSPS) is 10.2. The number of aryl methyl sites for hydroxylation is 1. The minimum atomic E-state index is -0.679. The van der Waals surface area contributed by atoms with Crippen LogP contribution in [0.3, 0.4) is 0 Å². The van der Waals surface area contributed by atoms with Crippen LogP contribution in [0.5, 0.6) is 5.75 Å². The lowest BCUT2D eigenvalue weighted by Gasteiger charge is -2.12. The summed E-state index contributed by atoms with van der Waals surface area (Å²) in [4.78, 5) is 40.9. The molecule has 0 bridgehead atoms. The molecule has 0 aliphatic heterocycles. The Morgan fingerprint density at radius 3 is 2.32 bits per heavy atom. The van der Waals surface area contributed by atoms with Gasteiger partial charge in [0.05, 0.1) is 11.1 Å². The number of esters is 2. The number of Topliss-reactive ketones (excluding diaryl/α,β-unsaturated/α-hetero) is 1. The summed E-state index contributed by atoms with van der Waals surface area (Å²) in [6.45, 7) is 1.25. The van der Waals surface area contributed by atoms with Crippen molar-refractivity contribution in [3.05, 3.63) is 95.3 Å². The molecule has 3 rings (SSSR count). The minimum Gasteiger partial charge on any atom is -0.454 e. The molecule has 0 saturated heterocycles. The van der Waals surface area contributed by atoms with Crippen molar-refractivity contribution in [2.75, 3.05) is 6.61 Å². The first-order chi connectivity index (χ1) is 13.6. The van der Waals surface area contributed by atoms with Gasteiger partial charge in [0.2, 0.25) is 5.78 Å². The van der Waals surface area contributed by atoms with E-state index in [0.29, 0.717) is 11.1 Å². The van der Waals surface area contributed by atoms with Gasteiger partial charge in [0.1, 0.15) is 11.4 Å². The maximum atomic E-state index is 12.7. The van der Waals surface area contributed by atoms with Gasteiger partial charge in [-0.3, -0.25) is 4.79 Å². The maximum absolute atomic E-state index is 12.7. The summed E-state index contributed by atoms with van der Waals surface area (Å²) in [6, 6.07) is 18.1. The zero-order chi connectivity index (χ0) is 19.9. The number of ketones is 1. The SMILES string of the molecule is Cc1cccc(OC(=O)c2ccccn2)c1C(=O)COC(=O)c1ccccc1. The van der Waals surface area contributed by atoms with Crippen molar-refractivity contribution in [2.24, 2.45) is 0 Å². The summed E-state index contributed by atoms with van der Waals surface area (Å²) in [5, 5.41) is 0. The molecule has 6 nitrogen and oxygen atoms in total. The average molecular weight is 375 g/mol. The lowest BCUT2D eigenvalue weighted by Crippen LogP contribution is -2.18. The van der Waals surface area contributed by atoms with Crippen molar-refractivity contribution in [3.63, 3.8) is 0 Å². The Morgan fingerprint density at radius 1 is 0.857 bits per heavy atom. The predicted octanol–water partition coefficient (Wildman–Crippen LogP) is 3.65. The minimum absolute atomic E-state index is 0.0939. The van der Waals surface area contributed by atoms with Crippen molar-refractivity contribution in [2.45, 2.75) is 6.92 Å². The van der Waals surface area contributed by atoms with E-state index in [9.17, 15) is 14.4 Å². The average Bonchev–Trinajstić information content (AvgIpc) is 2.73. The Morgan fingerprint density at radius 2 is 1.61 bits per heavy atom. The van der Waals surface area contributed by atoms with Gasteiger partial charge < -0.3 is 9.47 Å². The predicted molar refractivity (Wildman–Crippen MR) is 101 cm³/mol. The van der Waals surface area contributed by atoms with Gasteiger partial charge in [-0.25, -0.2) is 14.6 Å².